The fourth-order valence-corrected chi connectivity index (χ4v) is 1.33. The van der Waals surface area contributed by atoms with Crippen molar-refractivity contribution in [2.45, 2.75) is 38.2 Å². The summed E-state index contributed by atoms with van der Waals surface area (Å²) < 4.78 is 24.2. The van der Waals surface area contributed by atoms with Crippen molar-refractivity contribution in [3.8, 4) is 0 Å². The molecule has 66 valence electrons. The molecule has 1 aliphatic rings. The van der Waals surface area contributed by atoms with Crippen molar-refractivity contribution in [2.75, 3.05) is 0 Å². The van der Waals surface area contributed by atoms with E-state index >= 15 is 0 Å². The molecule has 4 heteroatoms. The van der Waals surface area contributed by atoms with Crippen molar-refractivity contribution in [2.24, 2.45) is 11.8 Å². The molecule has 0 aliphatic heterocycles. The van der Waals surface area contributed by atoms with E-state index in [9.17, 15) is 8.78 Å². The minimum atomic E-state index is -2.33. The van der Waals surface area contributed by atoms with Crippen LogP contribution in [0.2, 0.25) is 0 Å². The van der Waals surface area contributed by atoms with Crippen LogP contribution in [0.4, 0.5) is 8.78 Å². The lowest BCUT2D eigenvalue weighted by Crippen LogP contribution is -2.42. The predicted octanol–water partition coefficient (Wildman–Crippen LogP) is 1.27. The summed E-state index contributed by atoms with van der Waals surface area (Å²) in [5.74, 6) is 5.45. The van der Waals surface area contributed by atoms with E-state index in [0.717, 1.165) is 12.8 Å². The van der Waals surface area contributed by atoms with E-state index in [-0.39, 0.29) is 0 Å². The number of rotatable bonds is 4. The molecule has 1 rings (SSSR count). The third kappa shape index (κ3) is 2.38. The van der Waals surface area contributed by atoms with Gasteiger partial charge in [0.15, 0.2) is 0 Å². The molecule has 0 aromatic heterocycles. The Morgan fingerprint density at radius 2 is 2.09 bits per heavy atom. The molecule has 1 fully saturated rings. The van der Waals surface area contributed by atoms with Crippen LogP contribution < -0.4 is 11.3 Å². The normalized spacial score (nSPS) is 21.8. The van der Waals surface area contributed by atoms with Gasteiger partial charge in [0.25, 0.3) is 6.43 Å². The molecule has 0 heterocycles. The SMILES string of the molecule is NNC(CC1CCC1)C(F)F. The molecule has 0 saturated heterocycles. The Morgan fingerprint density at radius 1 is 1.45 bits per heavy atom. The van der Waals surface area contributed by atoms with Gasteiger partial charge in [0.1, 0.15) is 0 Å². The maximum atomic E-state index is 12.1. The molecule has 1 saturated carbocycles. The van der Waals surface area contributed by atoms with Gasteiger partial charge in [-0.2, -0.15) is 0 Å². The van der Waals surface area contributed by atoms with Crippen LogP contribution in [-0.2, 0) is 0 Å². The zero-order chi connectivity index (χ0) is 8.27. The van der Waals surface area contributed by atoms with Crippen molar-refractivity contribution in [1.82, 2.24) is 5.43 Å². The van der Waals surface area contributed by atoms with E-state index < -0.39 is 12.5 Å². The zero-order valence-electron chi connectivity index (χ0n) is 6.39. The van der Waals surface area contributed by atoms with E-state index in [2.05, 4.69) is 5.43 Å². The third-order valence-electron chi connectivity index (χ3n) is 2.33. The molecule has 2 nitrogen and oxygen atoms in total. The number of hydrogen-bond donors (Lipinski definition) is 2. The van der Waals surface area contributed by atoms with Crippen molar-refractivity contribution in [1.29, 1.82) is 0 Å². The highest BCUT2D eigenvalue weighted by Gasteiger charge is 2.26. The van der Waals surface area contributed by atoms with Crippen LogP contribution in [0, 0.1) is 5.92 Å². The van der Waals surface area contributed by atoms with Crippen molar-refractivity contribution in [3.05, 3.63) is 0 Å². The Bertz CT molecular complexity index is 115. The summed E-state index contributed by atoms with van der Waals surface area (Å²) in [6.45, 7) is 0. The first-order valence-corrected chi connectivity index (χ1v) is 3.98. The number of nitrogens with two attached hydrogens (primary N) is 1. The molecule has 1 atom stereocenters. The number of hydrogen-bond acceptors (Lipinski definition) is 2. The second-order valence-corrected chi connectivity index (χ2v) is 3.14. The standard InChI is InChI=1S/C7H14F2N2/c8-7(9)6(11-10)4-5-2-1-3-5/h5-7,11H,1-4,10H2. The molecular formula is C7H14F2N2. The van der Waals surface area contributed by atoms with Gasteiger partial charge in [-0.1, -0.05) is 19.3 Å². The number of hydrazine groups is 1. The van der Waals surface area contributed by atoms with Gasteiger partial charge in [-0.25, -0.2) is 8.78 Å². The lowest BCUT2D eigenvalue weighted by Gasteiger charge is -2.28. The summed E-state index contributed by atoms with van der Waals surface area (Å²) in [5.41, 5.74) is 2.15. The lowest BCUT2D eigenvalue weighted by molar-refractivity contribution is 0.0765. The maximum Gasteiger partial charge on any atom is 0.255 e. The average Bonchev–Trinajstić information content (AvgIpc) is 1.85. The highest BCUT2D eigenvalue weighted by molar-refractivity contribution is 4.77. The van der Waals surface area contributed by atoms with Crippen molar-refractivity contribution in [3.63, 3.8) is 0 Å². The highest BCUT2D eigenvalue weighted by Crippen LogP contribution is 2.31. The molecule has 0 aromatic rings. The van der Waals surface area contributed by atoms with Gasteiger partial charge in [0, 0.05) is 0 Å². The topological polar surface area (TPSA) is 38.0 Å². The van der Waals surface area contributed by atoms with Gasteiger partial charge in [0.05, 0.1) is 6.04 Å². The van der Waals surface area contributed by atoms with Crippen LogP contribution in [0.15, 0.2) is 0 Å². The third-order valence-corrected chi connectivity index (χ3v) is 2.33. The molecule has 0 spiro atoms. The molecule has 1 aliphatic carbocycles. The molecular weight excluding hydrogens is 150 g/mol. The van der Waals surface area contributed by atoms with Crippen LogP contribution >= 0.6 is 0 Å². The Balaban J connectivity index is 2.19. The average molecular weight is 164 g/mol. The number of nitrogens with one attached hydrogen (secondary N) is 1. The summed E-state index contributed by atoms with van der Waals surface area (Å²) in [6, 6.07) is -0.805. The van der Waals surface area contributed by atoms with Crippen LogP contribution in [0.1, 0.15) is 25.7 Å². The summed E-state index contributed by atoms with van der Waals surface area (Å²) in [5, 5.41) is 0. The van der Waals surface area contributed by atoms with Crippen LogP contribution in [-0.4, -0.2) is 12.5 Å². The molecule has 0 aromatic carbocycles. The van der Waals surface area contributed by atoms with Crippen LogP contribution in [0.3, 0.4) is 0 Å². The Labute approximate surface area is 65.1 Å². The van der Waals surface area contributed by atoms with Gasteiger partial charge >= 0.3 is 0 Å². The second-order valence-electron chi connectivity index (χ2n) is 3.14. The Kier molecular flexibility index (Phi) is 3.20. The zero-order valence-corrected chi connectivity index (χ0v) is 6.39. The number of halogens is 2. The van der Waals surface area contributed by atoms with E-state index in [1.807, 2.05) is 0 Å². The summed E-state index contributed by atoms with van der Waals surface area (Å²) in [4.78, 5) is 0. The van der Waals surface area contributed by atoms with E-state index in [1.54, 1.807) is 0 Å². The monoisotopic (exact) mass is 164 g/mol. The molecule has 1 unspecified atom stereocenters. The molecule has 0 amide bonds. The second kappa shape index (κ2) is 3.97. The quantitative estimate of drug-likeness (QED) is 0.485. The Hall–Kier alpha value is -0.220. The van der Waals surface area contributed by atoms with Gasteiger partial charge in [-0.3, -0.25) is 11.3 Å². The molecule has 0 bridgehead atoms. The van der Waals surface area contributed by atoms with E-state index in [4.69, 9.17) is 5.84 Å². The van der Waals surface area contributed by atoms with E-state index in [1.165, 1.54) is 6.42 Å². The van der Waals surface area contributed by atoms with Gasteiger partial charge in [-0.15, -0.1) is 0 Å². The predicted molar refractivity (Wildman–Crippen MR) is 39.1 cm³/mol. The maximum absolute atomic E-state index is 12.1. The smallest absolute Gasteiger partial charge is 0.255 e. The van der Waals surface area contributed by atoms with Crippen molar-refractivity contribution < 1.29 is 8.78 Å². The lowest BCUT2D eigenvalue weighted by atomic mass is 9.81. The minimum Gasteiger partial charge on any atom is -0.271 e. The first-order chi connectivity index (χ1) is 5.24. The number of alkyl halides is 2. The van der Waals surface area contributed by atoms with Crippen LogP contribution in [0.25, 0.3) is 0 Å². The van der Waals surface area contributed by atoms with Crippen LogP contribution in [0.5, 0.6) is 0 Å². The molecule has 11 heavy (non-hydrogen) atoms. The van der Waals surface area contributed by atoms with Gasteiger partial charge in [-0.05, 0) is 12.3 Å². The van der Waals surface area contributed by atoms with E-state index in [0.29, 0.717) is 12.3 Å². The molecule has 3 N–H and O–H groups in total. The van der Waals surface area contributed by atoms with Gasteiger partial charge < -0.3 is 0 Å². The first-order valence-electron chi connectivity index (χ1n) is 3.98. The summed E-state index contributed by atoms with van der Waals surface area (Å²) >= 11 is 0. The fourth-order valence-electron chi connectivity index (χ4n) is 1.33. The first kappa shape index (κ1) is 8.87. The minimum absolute atomic E-state index is 0.477. The molecule has 0 radical (unpaired) electrons. The summed E-state index contributed by atoms with van der Waals surface area (Å²) in [6.07, 6.45) is 1.55. The largest absolute Gasteiger partial charge is 0.271 e. The van der Waals surface area contributed by atoms with Crippen molar-refractivity contribution >= 4 is 0 Å². The van der Waals surface area contributed by atoms with Gasteiger partial charge in [0.2, 0.25) is 0 Å². The Morgan fingerprint density at radius 3 is 2.36 bits per heavy atom. The summed E-state index contributed by atoms with van der Waals surface area (Å²) in [7, 11) is 0. The highest BCUT2D eigenvalue weighted by atomic mass is 19.3. The fraction of sp³-hybridized carbons (Fsp3) is 1.00.